The number of halogens is 4. The molecule has 2 heterocycles. The van der Waals surface area contributed by atoms with Gasteiger partial charge >= 0.3 is 6.18 Å². The number of benzene rings is 1. The Labute approximate surface area is 196 Å². The van der Waals surface area contributed by atoms with E-state index in [0.717, 1.165) is 32.0 Å². The smallest absolute Gasteiger partial charge is 0.350 e. The Morgan fingerprint density at radius 2 is 1.91 bits per heavy atom. The number of rotatable bonds is 4. The Hall–Kier alpha value is -2.59. The van der Waals surface area contributed by atoms with E-state index in [0.29, 0.717) is 23.4 Å². The highest BCUT2D eigenvalue weighted by atomic mass is 35.5. The van der Waals surface area contributed by atoms with E-state index in [-0.39, 0.29) is 22.3 Å². The van der Waals surface area contributed by atoms with E-state index < -0.39 is 11.7 Å². The Balaban J connectivity index is 2.07. The van der Waals surface area contributed by atoms with Gasteiger partial charge in [0.1, 0.15) is 0 Å². The monoisotopic (exact) mass is 483 g/mol. The molecule has 1 fully saturated rings. The lowest BCUT2D eigenvalue weighted by molar-refractivity contribution is -0.137. The minimum atomic E-state index is -4.56. The molecule has 2 aromatic rings. The molecule has 0 radical (unpaired) electrons. The van der Waals surface area contributed by atoms with Crippen LogP contribution in [0.25, 0.3) is 0 Å². The highest BCUT2D eigenvalue weighted by Crippen LogP contribution is 2.38. The molecule has 0 amide bonds. The summed E-state index contributed by atoms with van der Waals surface area (Å²) in [7, 11) is 0. The fourth-order valence-corrected chi connectivity index (χ4v) is 3.88. The van der Waals surface area contributed by atoms with Gasteiger partial charge in [0, 0.05) is 17.3 Å². The average Bonchev–Trinajstić information content (AvgIpc) is 3.02. The van der Waals surface area contributed by atoms with E-state index >= 15 is 0 Å². The summed E-state index contributed by atoms with van der Waals surface area (Å²) >= 11 is 5.78. The van der Waals surface area contributed by atoms with Crippen molar-refractivity contribution in [2.75, 3.05) is 18.4 Å². The number of alkyl halides is 3. The van der Waals surface area contributed by atoms with Crippen LogP contribution in [0.2, 0.25) is 5.02 Å². The highest BCUT2D eigenvalue weighted by Gasteiger charge is 2.33. The Kier molecular flexibility index (Phi) is 7.38. The molecule has 1 aliphatic heterocycles. The van der Waals surface area contributed by atoms with E-state index in [2.05, 4.69) is 37.6 Å². The SMILES string of the molecule is C=N/C(=N\c1c(C)nc(Nc2ccc(Cl)c(C(F)(F)F)c2)n1C1CCNCC1)NC(C)(C)C. The number of hydrogen-bond donors (Lipinski definition) is 3. The number of guanidine groups is 1. The van der Waals surface area contributed by atoms with Crippen molar-refractivity contribution in [2.45, 2.75) is 58.3 Å². The van der Waals surface area contributed by atoms with Crippen molar-refractivity contribution in [3.05, 3.63) is 34.5 Å². The maximum absolute atomic E-state index is 13.3. The third-order valence-electron chi connectivity index (χ3n) is 5.10. The third kappa shape index (κ3) is 6.26. The first-order valence-electron chi connectivity index (χ1n) is 10.7. The summed E-state index contributed by atoms with van der Waals surface area (Å²) in [6, 6.07) is 3.77. The topological polar surface area (TPSA) is 78.6 Å². The molecular formula is C22H29ClF3N7. The number of aliphatic imine (C=N–C) groups is 2. The lowest BCUT2D eigenvalue weighted by Gasteiger charge is -2.27. The van der Waals surface area contributed by atoms with Crippen LogP contribution in [-0.2, 0) is 6.18 Å². The molecule has 1 aromatic carbocycles. The molecule has 0 spiro atoms. The van der Waals surface area contributed by atoms with Crippen molar-refractivity contribution in [2.24, 2.45) is 9.98 Å². The van der Waals surface area contributed by atoms with Gasteiger partial charge in [-0.05, 0) is 78.5 Å². The molecule has 3 rings (SSSR count). The van der Waals surface area contributed by atoms with E-state index in [9.17, 15) is 13.2 Å². The minimum absolute atomic E-state index is 0.0591. The maximum Gasteiger partial charge on any atom is 0.417 e. The highest BCUT2D eigenvalue weighted by molar-refractivity contribution is 6.31. The van der Waals surface area contributed by atoms with Gasteiger partial charge in [0.15, 0.2) is 5.82 Å². The van der Waals surface area contributed by atoms with Crippen molar-refractivity contribution in [1.29, 1.82) is 0 Å². The standard InChI is InChI=1S/C22H29ClF3N7/c1-13-18(31-19(27-5)32-21(2,3)4)33(15-8-10-28-11-9-15)20(29-13)30-14-6-7-17(23)16(12-14)22(24,25)26/h6-7,12,15,28H,5,8-11H2,1-4H3,(H,29,30)(H,31,32). The maximum atomic E-state index is 13.3. The van der Waals surface area contributed by atoms with Gasteiger partial charge in [-0.2, -0.15) is 18.2 Å². The van der Waals surface area contributed by atoms with Crippen molar-refractivity contribution in [3.63, 3.8) is 0 Å². The molecule has 3 N–H and O–H groups in total. The average molecular weight is 484 g/mol. The zero-order valence-electron chi connectivity index (χ0n) is 19.1. The van der Waals surface area contributed by atoms with Crippen LogP contribution >= 0.6 is 11.6 Å². The number of aryl methyl sites for hydroxylation is 1. The summed E-state index contributed by atoms with van der Waals surface area (Å²) in [6.07, 6.45) is -2.91. The number of imidazole rings is 1. The molecule has 1 aromatic heterocycles. The zero-order valence-corrected chi connectivity index (χ0v) is 19.9. The molecular weight excluding hydrogens is 455 g/mol. The number of hydrogen-bond acceptors (Lipinski definition) is 4. The lowest BCUT2D eigenvalue weighted by atomic mass is 10.1. The first-order chi connectivity index (χ1) is 15.4. The number of aromatic nitrogens is 2. The van der Waals surface area contributed by atoms with Gasteiger partial charge in [0.25, 0.3) is 0 Å². The molecule has 33 heavy (non-hydrogen) atoms. The van der Waals surface area contributed by atoms with Crippen molar-refractivity contribution in [1.82, 2.24) is 20.2 Å². The second-order valence-corrected chi connectivity index (χ2v) is 9.39. The minimum Gasteiger partial charge on any atom is -0.350 e. The van der Waals surface area contributed by atoms with Crippen molar-refractivity contribution in [3.8, 4) is 0 Å². The summed E-state index contributed by atoms with van der Waals surface area (Å²) in [6.45, 7) is 13.0. The lowest BCUT2D eigenvalue weighted by Crippen LogP contribution is -2.39. The van der Waals surface area contributed by atoms with E-state index in [4.69, 9.17) is 11.6 Å². The Bertz CT molecular complexity index is 1030. The number of nitrogens with one attached hydrogen (secondary N) is 3. The van der Waals surface area contributed by atoms with Crippen molar-refractivity contribution < 1.29 is 13.2 Å². The molecule has 0 atom stereocenters. The summed E-state index contributed by atoms with van der Waals surface area (Å²) in [5, 5.41) is 9.22. The first kappa shape index (κ1) is 25.0. The van der Waals surface area contributed by atoms with Crippen LogP contribution in [0.5, 0.6) is 0 Å². The largest absolute Gasteiger partial charge is 0.417 e. The fourth-order valence-electron chi connectivity index (χ4n) is 3.66. The van der Waals surface area contributed by atoms with Gasteiger partial charge in [-0.15, -0.1) is 0 Å². The van der Waals surface area contributed by atoms with Gasteiger partial charge in [0.2, 0.25) is 11.9 Å². The molecule has 1 saturated heterocycles. The van der Waals surface area contributed by atoms with Gasteiger partial charge in [-0.1, -0.05) is 11.6 Å². The predicted octanol–water partition coefficient (Wildman–Crippen LogP) is 5.61. The van der Waals surface area contributed by atoms with Crippen LogP contribution in [0.1, 0.15) is 50.9 Å². The van der Waals surface area contributed by atoms with Gasteiger partial charge in [-0.3, -0.25) is 4.57 Å². The molecule has 0 unspecified atom stereocenters. The molecule has 7 nitrogen and oxygen atoms in total. The van der Waals surface area contributed by atoms with Gasteiger partial charge in [-0.25, -0.2) is 9.98 Å². The second-order valence-electron chi connectivity index (χ2n) is 8.98. The predicted molar refractivity (Wildman–Crippen MR) is 127 cm³/mol. The Morgan fingerprint density at radius 3 is 2.48 bits per heavy atom. The van der Waals surface area contributed by atoms with Gasteiger partial charge < -0.3 is 16.0 Å². The number of nitrogens with zero attached hydrogens (tertiary/aromatic N) is 4. The molecule has 0 bridgehead atoms. The number of piperidine rings is 1. The van der Waals surface area contributed by atoms with Crippen LogP contribution in [0.4, 0.5) is 30.6 Å². The van der Waals surface area contributed by atoms with E-state index in [1.807, 2.05) is 32.3 Å². The van der Waals surface area contributed by atoms with Gasteiger partial charge in [0.05, 0.1) is 16.3 Å². The van der Waals surface area contributed by atoms with E-state index in [1.165, 1.54) is 12.1 Å². The molecule has 1 aliphatic rings. The van der Waals surface area contributed by atoms with E-state index in [1.54, 1.807) is 0 Å². The summed E-state index contributed by atoms with van der Waals surface area (Å²) < 4.78 is 42.0. The van der Waals surface area contributed by atoms with Crippen LogP contribution in [0, 0.1) is 6.92 Å². The summed E-state index contributed by atoms with van der Waals surface area (Å²) in [5.74, 6) is 1.33. The third-order valence-corrected chi connectivity index (χ3v) is 5.43. The zero-order chi connectivity index (χ0) is 24.4. The molecule has 11 heteroatoms. The quantitative estimate of drug-likeness (QED) is 0.390. The Morgan fingerprint density at radius 1 is 1.24 bits per heavy atom. The summed E-state index contributed by atoms with van der Waals surface area (Å²) in [5.41, 5.74) is -0.335. The van der Waals surface area contributed by atoms with Crippen LogP contribution in [-0.4, -0.2) is 40.9 Å². The van der Waals surface area contributed by atoms with Crippen LogP contribution < -0.4 is 16.0 Å². The number of anilines is 2. The second kappa shape index (κ2) is 9.72. The normalized spacial score (nSPS) is 16.1. The molecule has 0 aliphatic carbocycles. The molecule has 0 saturated carbocycles. The molecule has 180 valence electrons. The van der Waals surface area contributed by atoms with Crippen LogP contribution in [0.3, 0.4) is 0 Å². The first-order valence-corrected chi connectivity index (χ1v) is 11.0. The summed E-state index contributed by atoms with van der Waals surface area (Å²) in [4.78, 5) is 13.3. The van der Waals surface area contributed by atoms with Crippen LogP contribution in [0.15, 0.2) is 28.2 Å². The fraction of sp³-hybridized carbons (Fsp3) is 0.500. The van der Waals surface area contributed by atoms with Crippen molar-refractivity contribution >= 4 is 41.7 Å².